The first-order chi connectivity index (χ1) is 8.59. The maximum Gasteiger partial charge on any atom is 0.219 e. The molecule has 0 bridgehead atoms. The highest BCUT2D eigenvalue weighted by molar-refractivity contribution is 5.75. The zero-order valence-corrected chi connectivity index (χ0v) is 11.2. The van der Waals surface area contributed by atoms with E-state index in [9.17, 15) is 4.79 Å². The number of carbonyl (C=O) groups is 1. The first-order valence-corrected chi connectivity index (χ1v) is 6.73. The van der Waals surface area contributed by atoms with E-state index in [2.05, 4.69) is 16.3 Å². The molecule has 0 aromatic rings. The van der Waals surface area contributed by atoms with Crippen molar-refractivity contribution in [1.82, 2.24) is 10.2 Å². The normalized spacial score (nSPS) is 19.2. The van der Waals surface area contributed by atoms with E-state index in [1.165, 1.54) is 0 Å². The number of piperidine rings is 1. The lowest BCUT2D eigenvalue weighted by molar-refractivity contribution is -0.120. The molecule has 1 heterocycles. The lowest BCUT2D eigenvalue weighted by Crippen LogP contribution is -2.49. The number of likely N-dealkylation sites (tertiary alicyclic amines) is 1. The third-order valence-corrected chi connectivity index (χ3v) is 3.63. The summed E-state index contributed by atoms with van der Waals surface area (Å²) in [4.78, 5) is 13.4. The third kappa shape index (κ3) is 5.03. The molecule has 0 aromatic carbocycles. The molecule has 1 aliphatic rings. The fourth-order valence-electron chi connectivity index (χ4n) is 2.21. The number of nitrogens with zero attached hydrogens (tertiary/aromatic N) is 2. The van der Waals surface area contributed by atoms with Crippen molar-refractivity contribution in [3.63, 3.8) is 0 Å². The van der Waals surface area contributed by atoms with Crippen LogP contribution in [0.2, 0.25) is 0 Å². The number of carbonyl (C=O) groups excluding carboxylic acids is 1. The van der Waals surface area contributed by atoms with Crippen molar-refractivity contribution in [2.45, 2.75) is 44.1 Å². The maximum atomic E-state index is 11.0. The summed E-state index contributed by atoms with van der Waals surface area (Å²) in [5.74, 6) is 0.120. The van der Waals surface area contributed by atoms with Gasteiger partial charge in [-0.05, 0) is 32.2 Å². The first-order valence-electron chi connectivity index (χ1n) is 6.73. The zero-order valence-electron chi connectivity index (χ0n) is 11.2. The van der Waals surface area contributed by atoms with Gasteiger partial charge in [0.1, 0.15) is 5.54 Å². The molecule has 0 spiro atoms. The largest absolute Gasteiger partial charge is 0.359 e. The second-order valence-corrected chi connectivity index (χ2v) is 5.09. The highest BCUT2D eigenvalue weighted by atomic mass is 16.1. The minimum absolute atomic E-state index is 0.120. The van der Waals surface area contributed by atoms with Crippen LogP contribution in [0.25, 0.3) is 0 Å². The van der Waals surface area contributed by atoms with Gasteiger partial charge in [0.2, 0.25) is 5.91 Å². The van der Waals surface area contributed by atoms with Crippen LogP contribution in [0, 0.1) is 11.3 Å². The molecule has 102 valence electrons. The van der Waals surface area contributed by atoms with E-state index in [0.717, 1.165) is 51.7 Å². The predicted molar refractivity (Wildman–Crippen MR) is 70.7 cm³/mol. The van der Waals surface area contributed by atoms with Gasteiger partial charge >= 0.3 is 0 Å². The van der Waals surface area contributed by atoms with Crippen molar-refractivity contribution < 1.29 is 4.79 Å². The average molecular weight is 252 g/mol. The SMILES string of the molecule is CNC(=O)CCCCCN1CCC(N)(C#N)CC1. The minimum atomic E-state index is -0.601. The molecule has 1 fully saturated rings. The Morgan fingerprint density at radius 1 is 1.39 bits per heavy atom. The third-order valence-electron chi connectivity index (χ3n) is 3.63. The Balaban J connectivity index is 2.05. The standard InChI is InChI=1S/C13H24N4O/c1-16-12(18)5-3-2-4-8-17-9-6-13(15,11-14)7-10-17/h2-10,15H2,1H3,(H,16,18). The molecule has 0 atom stereocenters. The predicted octanol–water partition coefficient (Wildman–Crippen LogP) is 0.610. The van der Waals surface area contributed by atoms with Gasteiger partial charge in [-0.2, -0.15) is 5.26 Å². The smallest absolute Gasteiger partial charge is 0.219 e. The second-order valence-electron chi connectivity index (χ2n) is 5.09. The van der Waals surface area contributed by atoms with Gasteiger partial charge in [-0.25, -0.2) is 0 Å². The molecular weight excluding hydrogens is 228 g/mol. The van der Waals surface area contributed by atoms with Crippen LogP contribution in [0.4, 0.5) is 0 Å². The topological polar surface area (TPSA) is 82.2 Å². The Bertz CT molecular complexity index is 303. The lowest BCUT2D eigenvalue weighted by atomic mass is 9.90. The number of hydrogen-bond acceptors (Lipinski definition) is 4. The Labute approximate surface area is 109 Å². The van der Waals surface area contributed by atoms with Gasteiger partial charge in [-0.15, -0.1) is 0 Å². The summed E-state index contributed by atoms with van der Waals surface area (Å²) in [5.41, 5.74) is 5.31. The van der Waals surface area contributed by atoms with Gasteiger partial charge in [0.05, 0.1) is 6.07 Å². The number of nitriles is 1. The maximum absolute atomic E-state index is 11.0. The molecule has 0 aliphatic carbocycles. The monoisotopic (exact) mass is 252 g/mol. The Kier molecular flexibility index (Phi) is 6.10. The fraction of sp³-hybridized carbons (Fsp3) is 0.846. The summed E-state index contributed by atoms with van der Waals surface area (Å²) in [6.45, 7) is 2.88. The number of amides is 1. The van der Waals surface area contributed by atoms with Crippen molar-refractivity contribution in [1.29, 1.82) is 5.26 Å². The highest BCUT2D eigenvalue weighted by Crippen LogP contribution is 2.19. The Hall–Kier alpha value is -1.12. The van der Waals surface area contributed by atoms with E-state index in [0.29, 0.717) is 6.42 Å². The molecule has 0 radical (unpaired) electrons. The first kappa shape index (κ1) is 14.9. The molecule has 1 rings (SSSR count). The van der Waals surface area contributed by atoms with E-state index in [-0.39, 0.29) is 5.91 Å². The molecule has 1 aliphatic heterocycles. The highest BCUT2D eigenvalue weighted by Gasteiger charge is 2.29. The summed E-state index contributed by atoms with van der Waals surface area (Å²) in [5, 5.41) is 11.6. The molecule has 0 aromatic heterocycles. The van der Waals surface area contributed by atoms with E-state index >= 15 is 0 Å². The van der Waals surface area contributed by atoms with Crippen LogP contribution in [0.5, 0.6) is 0 Å². The van der Waals surface area contributed by atoms with E-state index in [1.807, 2.05) is 0 Å². The van der Waals surface area contributed by atoms with Gasteiger partial charge in [-0.1, -0.05) is 6.42 Å². The van der Waals surface area contributed by atoms with E-state index in [4.69, 9.17) is 11.0 Å². The molecule has 0 saturated carbocycles. The van der Waals surface area contributed by atoms with Crippen molar-refractivity contribution in [2.75, 3.05) is 26.7 Å². The van der Waals surface area contributed by atoms with Crippen molar-refractivity contribution >= 4 is 5.91 Å². The molecule has 1 saturated heterocycles. The van der Waals surface area contributed by atoms with Gasteiger partial charge in [0.15, 0.2) is 0 Å². The summed E-state index contributed by atoms with van der Waals surface area (Å²) >= 11 is 0. The number of unbranched alkanes of at least 4 members (excludes halogenated alkanes) is 2. The average Bonchev–Trinajstić information content (AvgIpc) is 2.40. The van der Waals surface area contributed by atoms with Crippen LogP contribution < -0.4 is 11.1 Å². The molecule has 3 N–H and O–H groups in total. The van der Waals surface area contributed by atoms with Crippen LogP contribution in [0.1, 0.15) is 38.5 Å². The second kappa shape index (κ2) is 7.34. The molecule has 5 heteroatoms. The minimum Gasteiger partial charge on any atom is -0.359 e. The summed E-state index contributed by atoms with van der Waals surface area (Å²) in [6.07, 6.45) is 5.30. The van der Waals surface area contributed by atoms with Gasteiger partial charge in [0, 0.05) is 26.6 Å². The van der Waals surface area contributed by atoms with Crippen molar-refractivity contribution in [2.24, 2.45) is 5.73 Å². The van der Waals surface area contributed by atoms with Gasteiger partial charge in [0.25, 0.3) is 0 Å². The number of nitrogens with one attached hydrogen (secondary N) is 1. The summed E-state index contributed by atoms with van der Waals surface area (Å²) in [7, 11) is 1.67. The summed E-state index contributed by atoms with van der Waals surface area (Å²) < 4.78 is 0. The lowest BCUT2D eigenvalue weighted by Gasteiger charge is -2.34. The number of nitrogens with two attached hydrogens (primary N) is 1. The molecule has 5 nitrogen and oxygen atoms in total. The molecule has 0 unspecified atom stereocenters. The van der Waals surface area contributed by atoms with Crippen molar-refractivity contribution in [3.8, 4) is 6.07 Å². The van der Waals surface area contributed by atoms with Crippen LogP contribution in [0.15, 0.2) is 0 Å². The van der Waals surface area contributed by atoms with Crippen LogP contribution in [0.3, 0.4) is 0 Å². The van der Waals surface area contributed by atoms with E-state index < -0.39 is 5.54 Å². The number of hydrogen-bond donors (Lipinski definition) is 2. The Morgan fingerprint density at radius 3 is 2.61 bits per heavy atom. The van der Waals surface area contributed by atoms with Crippen LogP contribution in [-0.4, -0.2) is 43.0 Å². The fourth-order valence-corrected chi connectivity index (χ4v) is 2.21. The molecule has 1 amide bonds. The Morgan fingerprint density at radius 2 is 2.06 bits per heavy atom. The van der Waals surface area contributed by atoms with E-state index in [1.54, 1.807) is 7.05 Å². The summed E-state index contributed by atoms with van der Waals surface area (Å²) in [6, 6.07) is 2.20. The quantitative estimate of drug-likeness (QED) is 0.679. The molecular formula is C13H24N4O. The zero-order chi connectivity index (χ0) is 13.4. The van der Waals surface area contributed by atoms with Crippen molar-refractivity contribution in [3.05, 3.63) is 0 Å². The molecule has 18 heavy (non-hydrogen) atoms. The van der Waals surface area contributed by atoms with Crippen LogP contribution in [-0.2, 0) is 4.79 Å². The van der Waals surface area contributed by atoms with Gasteiger partial charge < -0.3 is 16.0 Å². The van der Waals surface area contributed by atoms with Gasteiger partial charge in [-0.3, -0.25) is 4.79 Å². The van der Waals surface area contributed by atoms with Crippen LogP contribution >= 0.6 is 0 Å². The number of rotatable bonds is 6.